The van der Waals surface area contributed by atoms with Crippen molar-refractivity contribution in [2.75, 3.05) is 37.1 Å². The molecule has 0 bridgehead atoms. The Morgan fingerprint density at radius 1 is 1.10 bits per heavy atom. The van der Waals surface area contributed by atoms with Crippen LogP contribution in [-0.4, -0.2) is 57.5 Å². The predicted octanol–water partition coefficient (Wildman–Crippen LogP) is 3.17. The van der Waals surface area contributed by atoms with E-state index in [1.165, 1.54) is 40.2 Å². The van der Waals surface area contributed by atoms with Crippen LogP contribution in [0, 0.1) is 5.82 Å². The van der Waals surface area contributed by atoms with Crippen molar-refractivity contribution in [3.05, 3.63) is 64.7 Å². The Bertz CT molecular complexity index is 1100. The molecule has 6 nitrogen and oxygen atoms in total. The molecule has 2 heterocycles. The molecule has 0 aliphatic carbocycles. The van der Waals surface area contributed by atoms with Crippen molar-refractivity contribution in [2.45, 2.75) is 5.16 Å². The molecule has 1 fully saturated rings. The molecule has 3 aromatic rings. The quantitative estimate of drug-likeness (QED) is 0.251. The number of hydrogen-bond acceptors (Lipinski definition) is 6. The number of nitrogens with zero attached hydrogens (tertiary/aromatic N) is 3. The highest BCUT2D eigenvalue weighted by Gasteiger charge is 2.17. The van der Waals surface area contributed by atoms with Crippen LogP contribution in [0.3, 0.4) is 0 Å². The van der Waals surface area contributed by atoms with Crippen LogP contribution in [0.15, 0.2) is 58.5 Å². The fourth-order valence-corrected chi connectivity index (χ4v) is 5.08. The van der Waals surface area contributed by atoms with Gasteiger partial charge in [0, 0.05) is 18.2 Å². The van der Waals surface area contributed by atoms with Gasteiger partial charge in [0.05, 0.1) is 35.6 Å². The first-order chi connectivity index (χ1) is 14.6. The van der Waals surface area contributed by atoms with E-state index in [1.54, 1.807) is 30.3 Å². The molecule has 9 heteroatoms. The molecule has 2 aromatic carbocycles. The minimum Gasteiger partial charge on any atom is -0.378 e. The van der Waals surface area contributed by atoms with Crippen molar-refractivity contribution in [3.8, 4) is 5.69 Å². The highest BCUT2D eigenvalue weighted by molar-refractivity contribution is 8.16. The summed E-state index contributed by atoms with van der Waals surface area (Å²) >= 11 is 2.87. The number of halogens is 1. The molecule has 1 amide bonds. The highest BCUT2D eigenvalue weighted by Crippen LogP contribution is 2.25. The summed E-state index contributed by atoms with van der Waals surface area (Å²) in [7, 11) is 0. The van der Waals surface area contributed by atoms with E-state index in [0.29, 0.717) is 58.9 Å². The van der Waals surface area contributed by atoms with Gasteiger partial charge in [0.1, 0.15) is 5.82 Å². The zero-order valence-electron chi connectivity index (χ0n) is 16.1. The van der Waals surface area contributed by atoms with Gasteiger partial charge in [0.2, 0.25) is 5.91 Å². The molecule has 0 spiro atoms. The molecular weight excluding hydrogens is 425 g/mol. The van der Waals surface area contributed by atoms with Crippen molar-refractivity contribution >= 4 is 40.3 Å². The van der Waals surface area contributed by atoms with Crippen molar-refractivity contribution < 1.29 is 13.9 Å². The average Bonchev–Trinajstić information content (AvgIpc) is 2.78. The monoisotopic (exact) mass is 445 g/mol. The zero-order valence-corrected chi connectivity index (χ0v) is 17.8. The molecule has 30 heavy (non-hydrogen) atoms. The lowest BCUT2D eigenvalue weighted by molar-refractivity contribution is -0.132. The van der Waals surface area contributed by atoms with E-state index in [0.717, 1.165) is 0 Å². The number of aromatic nitrogens is 2. The van der Waals surface area contributed by atoms with Gasteiger partial charge in [-0.05, 0) is 36.4 Å². The summed E-state index contributed by atoms with van der Waals surface area (Å²) in [6.45, 7) is 2.41. The van der Waals surface area contributed by atoms with Crippen LogP contribution in [0.2, 0.25) is 0 Å². The first kappa shape index (κ1) is 20.9. The molecule has 0 atom stereocenters. The van der Waals surface area contributed by atoms with Crippen LogP contribution in [0.25, 0.3) is 16.6 Å². The molecule has 4 rings (SSSR count). The summed E-state index contributed by atoms with van der Waals surface area (Å²) in [6, 6.07) is 12.9. The summed E-state index contributed by atoms with van der Waals surface area (Å²) in [5.41, 5.74) is 0.957. The van der Waals surface area contributed by atoms with Crippen LogP contribution < -0.4 is 5.56 Å². The number of benzene rings is 2. The summed E-state index contributed by atoms with van der Waals surface area (Å²) in [5.74, 6) is 0.0830. The second-order valence-electron chi connectivity index (χ2n) is 6.63. The maximum atomic E-state index is 13.4. The second kappa shape index (κ2) is 9.63. The van der Waals surface area contributed by atoms with Gasteiger partial charge in [-0.25, -0.2) is 9.37 Å². The predicted molar refractivity (Wildman–Crippen MR) is 118 cm³/mol. The number of morpholine rings is 1. The summed E-state index contributed by atoms with van der Waals surface area (Å²) < 4.78 is 20.1. The first-order valence-corrected chi connectivity index (χ1v) is 11.6. The van der Waals surface area contributed by atoms with Crippen LogP contribution in [0.1, 0.15) is 0 Å². The number of hydrogen-bond donors (Lipinski definition) is 0. The number of fused-ring (bicyclic) bond motifs is 1. The number of ether oxygens (including phenoxy) is 1. The zero-order chi connectivity index (χ0) is 20.9. The normalized spacial score (nSPS) is 14.2. The highest BCUT2D eigenvalue weighted by atomic mass is 32.2. The fraction of sp³-hybridized carbons (Fsp3) is 0.286. The molecule has 1 aliphatic rings. The smallest absolute Gasteiger partial charge is 0.266 e. The SMILES string of the molecule is O=C(CSCSc1nc2ccccc2c(=O)n1-c1ccc(F)cc1)N1CCOCC1. The summed E-state index contributed by atoms with van der Waals surface area (Å²) in [6.07, 6.45) is 0. The lowest BCUT2D eigenvalue weighted by atomic mass is 10.2. The van der Waals surface area contributed by atoms with Crippen molar-refractivity contribution in [1.29, 1.82) is 0 Å². The Morgan fingerprint density at radius 3 is 2.60 bits per heavy atom. The van der Waals surface area contributed by atoms with Gasteiger partial charge in [0.15, 0.2) is 5.16 Å². The van der Waals surface area contributed by atoms with E-state index in [1.807, 2.05) is 11.0 Å². The standard InChI is InChI=1S/C21H20FN3O3S2/c22-15-5-7-16(8-6-15)25-20(27)17-3-1-2-4-18(17)23-21(25)30-14-29-13-19(26)24-9-11-28-12-10-24/h1-8H,9-14H2. The number of carbonyl (C=O) groups excluding carboxylic acids is 1. The third-order valence-electron chi connectivity index (χ3n) is 4.69. The van der Waals surface area contributed by atoms with Crippen LogP contribution in [0.5, 0.6) is 0 Å². The van der Waals surface area contributed by atoms with Gasteiger partial charge in [-0.2, -0.15) is 0 Å². The Hall–Kier alpha value is -2.36. The van der Waals surface area contributed by atoms with E-state index in [2.05, 4.69) is 4.98 Å². The largest absolute Gasteiger partial charge is 0.378 e. The first-order valence-electron chi connectivity index (χ1n) is 9.47. The molecule has 0 saturated carbocycles. The maximum Gasteiger partial charge on any atom is 0.266 e. The van der Waals surface area contributed by atoms with Crippen LogP contribution in [-0.2, 0) is 9.53 Å². The van der Waals surface area contributed by atoms with E-state index in [-0.39, 0.29) is 17.3 Å². The third kappa shape index (κ3) is 4.69. The average molecular weight is 446 g/mol. The van der Waals surface area contributed by atoms with Crippen molar-refractivity contribution in [2.24, 2.45) is 0 Å². The van der Waals surface area contributed by atoms with Gasteiger partial charge in [-0.3, -0.25) is 14.2 Å². The summed E-state index contributed by atoms with van der Waals surface area (Å²) in [5, 5.41) is 1.57. The minimum atomic E-state index is -0.369. The third-order valence-corrected chi connectivity index (χ3v) is 6.81. The lowest BCUT2D eigenvalue weighted by Crippen LogP contribution is -2.41. The molecule has 1 aromatic heterocycles. The van der Waals surface area contributed by atoms with Gasteiger partial charge < -0.3 is 9.64 Å². The topological polar surface area (TPSA) is 64.4 Å². The Morgan fingerprint density at radius 2 is 1.83 bits per heavy atom. The van der Waals surface area contributed by atoms with E-state index in [4.69, 9.17) is 4.74 Å². The summed E-state index contributed by atoms with van der Waals surface area (Å²) in [4.78, 5) is 31.9. The van der Waals surface area contributed by atoms with Crippen LogP contribution in [0.4, 0.5) is 4.39 Å². The molecule has 156 valence electrons. The second-order valence-corrected chi connectivity index (χ2v) is 8.93. The van der Waals surface area contributed by atoms with E-state index in [9.17, 15) is 14.0 Å². The number of carbonyl (C=O) groups is 1. The van der Waals surface area contributed by atoms with Gasteiger partial charge in [-0.1, -0.05) is 23.9 Å². The number of amides is 1. The Labute approximate surface area is 181 Å². The number of thioether (sulfide) groups is 2. The molecule has 1 aliphatic heterocycles. The maximum absolute atomic E-state index is 13.4. The number of para-hydroxylation sites is 1. The molecule has 0 N–H and O–H groups in total. The molecular formula is C21H20FN3O3S2. The number of rotatable bonds is 6. The molecule has 0 unspecified atom stereocenters. The van der Waals surface area contributed by atoms with Gasteiger partial charge in [0.25, 0.3) is 5.56 Å². The van der Waals surface area contributed by atoms with Crippen molar-refractivity contribution in [1.82, 2.24) is 14.5 Å². The van der Waals surface area contributed by atoms with Crippen molar-refractivity contribution in [3.63, 3.8) is 0 Å². The van der Waals surface area contributed by atoms with Gasteiger partial charge in [-0.15, -0.1) is 11.8 Å². The Kier molecular flexibility index (Phi) is 6.71. The lowest BCUT2D eigenvalue weighted by Gasteiger charge is -2.26. The van der Waals surface area contributed by atoms with Gasteiger partial charge >= 0.3 is 0 Å². The fourth-order valence-electron chi connectivity index (χ4n) is 3.15. The Balaban J connectivity index is 1.53. The van der Waals surface area contributed by atoms with Crippen LogP contribution >= 0.6 is 23.5 Å². The minimum absolute atomic E-state index is 0.0892. The molecule has 1 saturated heterocycles. The van der Waals surface area contributed by atoms with E-state index >= 15 is 0 Å². The molecule has 0 radical (unpaired) electrons. The van der Waals surface area contributed by atoms with E-state index < -0.39 is 0 Å².